The van der Waals surface area contributed by atoms with Crippen molar-refractivity contribution in [1.82, 2.24) is 4.57 Å². The molecule has 2 rings (SSSR count). The van der Waals surface area contributed by atoms with E-state index in [4.69, 9.17) is 10.5 Å². The van der Waals surface area contributed by atoms with Crippen LogP contribution in [0.2, 0.25) is 0 Å². The highest BCUT2D eigenvalue weighted by Crippen LogP contribution is 2.27. The van der Waals surface area contributed by atoms with Crippen LogP contribution in [0.1, 0.15) is 50.3 Å². The molecular weight excluding hydrogens is 212 g/mol. The first-order chi connectivity index (χ1) is 8.16. The summed E-state index contributed by atoms with van der Waals surface area (Å²) in [7, 11) is 0. The van der Waals surface area contributed by atoms with Gasteiger partial charge in [0, 0.05) is 25.0 Å². The van der Waals surface area contributed by atoms with Crippen molar-refractivity contribution in [3.05, 3.63) is 23.5 Å². The smallest absolute Gasteiger partial charge is 0.0648 e. The van der Waals surface area contributed by atoms with Gasteiger partial charge >= 0.3 is 0 Å². The highest BCUT2D eigenvalue weighted by molar-refractivity contribution is 5.28. The highest BCUT2D eigenvalue weighted by atomic mass is 16.5. The van der Waals surface area contributed by atoms with E-state index >= 15 is 0 Å². The summed E-state index contributed by atoms with van der Waals surface area (Å²) < 4.78 is 7.81. The van der Waals surface area contributed by atoms with Crippen molar-refractivity contribution in [2.24, 2.45) is 5.73 Å². The largest absolute Gasteiger partial charge is 0.377 e. The molecule has 1 aliphatic rings. The van der Waals surface area contributed by atoms with Gasteiger partial charge in [-0.25, -0.2) is 0 Å². The Bertz CT molecular complexity index is 357. The second-order valence-corrected chi connectivity index (χ2v) is 5.25. The maximum Gasteiger partial charge on any atom is 0.0648 e. The van der Waals surface area contributed by atoms with Gasteiger partial charge in [-0.15, -0.1) is 0 Å². The van der Waals surface area contributed by atoms with Crippen LogP contribution in [0.5, 0.6) is 0 Å². The van der Waals surface area contributed by atoms with Crippen molar-refractivity contribution in [2.75, 3.05) is 6.61 Å². The topological polar surface area (TPSA) is 40.2 Å². The van der Waals surface area contributed by atoms with Gasteiger partial charge in [0.2, 0.25) is 0 Å². The molecule has 1 aliphatic carbocycles. The fraction of sp³-hybridized carbons (Fsp3) is 0.714. The Morgan fingerprint density at radius 1 is 1.41 bits per heavy atom. The highest BCUT2D eigenvalue weighted by Gasteiger charge is 2.17. The van der Waals surface area contributed by atoms with Crippen LogP contribution in [0.15, 0.2) is 12.4 Å². The third kappa shape index (κ3) is 3.33. The zero-order chi connectivity index (χ0) is 12.3. The van der Waals surface area contributed by atoms with Gasteiger partial charge in [0.15, 0.2) is 0 Å². The summed E-state index contributed by atoms with van der Waals surface area (Å²) >= 11 is 0. The van der Waals surface area contributed by atoms with Crippen LogP contribution >= 0.6 is 0 Å². The van der Waals surface area contributed by atoms with Gasteiger partial charge in [-0.2, -0.15) is 0 Å². The number of hydrogen-bond acceptors (Lipinski definition) is 2. The molecule has 17 heavy (non-hydrogen) atoms. The number of fused-ring (bicyclic) bond motifs is 1. The molecular formula is C14H24N2O. The number of nitrogens with two attached hydrogens (primary N) is 1. The third-order valence-electron chi connectivity index (χ3n) is 3.41. The van der Waals surface area contributed by atoms with Crippen molar-refractivity contribution in [3.63, 3.8) is 0 Å². The minimum absolute atomic E-state index is 0.236. The lowest BCUT2D eigenvalue weighted by Crippen LogP contribution is -2.10. The number of hydrogen-bond donors (Lipinski definition) is 1. The van der Waals surface area contributed by atoms with Crippen LogP contribution in [0.4, 0.5) is 0 Å². The lowest BCUT2D eigenvalue weighted by atomic mass is 10.1. The summed E-state index contributed by atoms with van der Waals surface area (Å²) in [6.07, 6.45) is 9.62. The Morgan fingerprint density at radius 2 is 2.24 bits per heavy atom. The van der Waals surface area contributed by atoms with Gasteiger partial charge in [0.1, 0.15) is 0 Å². The van der Waals surface area contributed by atoms with Gasteiger partial charge in [-0.1, -0.05) is 6.42 Å². The molecule has 0 amide bonds. The van der Waals surface area contributed by atoms with Crippen LogP contribution in [-0.4, -0.2) is 17.3 Å². The van der Waals surface area contributed by atoms with E-state index in [1.807, 2.05) is 0 Å². The first-order valence-corrected chi connectivity index (χ1v) is 6.72. The average molecular weight is 236 g/mol. The molecule has 1 heterocycles. The summed E-state index contributed by atoms with van der Waals surface area (Å²) in [4.78, 5) is 0. The van der Waals surface area contributed by atoms with Gasteiger partial charge < -0.3 is 15.0 Å². The van der Waals surface area contributed by atoms with Gasteiger partial charge in [0.25, 0.3) is 0 Å². The minimum atomic E-state index is 0.236. The van der Waals surface area contributed by atoms with Crippen LogP contribution in [0, 0.1) is 0 Å². The predicted molar refractivity (Wildman–Crippen MR) is 70.0 cm³/mol. The lowest BCUT2D eigenvalue weighted by Gasteiger charge is -2.09. The van der Waals surface area contributed by atoms with Crippen LogP contribution < -0.4 is 5.73 Å². The Hall–Kier alpha value is -0.800. The first-order valence-electron chi connectivity index (χ1n) is 6.72. The molecule has 0 aliphatic heterocycles. The molecule has 3 nitrogen and oxygen atoms in total. The van der Waals surface area contributed by atoms with Crippen molar-refractivity contribution >= 4 is 0 Å². The molecule has 3 heteroatoms. The number of ether oxygens (including phenoxy) is 1. The van der Waals surface area contributed by atoms with E-state index in [1.54, 1.807) is 0 Å². The molecule has 0 bridgehead atoms. The molecule has 0 saturated carbocycles. The van der Waals surface area contributed by atoms with Crippen molar-refractivity contribution in [2.45, 2.75) is 58.2 Å². The zero-order valence-corrected chi connectivity index (χ0v) is 11.0. The van der Waals surface area contributed by atoms with Crippen LogP contribution in [-0.2, 0) is 17.7 Å². The second-order valence-electron chi connectivity index (χ2n) is 5.25. The molecule has 0 fully saturated rings. The van der Waals surface area contributed by atoms with Gasteiger partial charge in [0.05, 0.1) is 12.7 Å². The Morgan fingerprint density at radius 3 is 3.00 bits per heavy atom. The maximum atomic E-state index is 6.19. The monoisotopic (exact) mass is 236 g/mol. The SMILES string of the molecule is CC(C)OCCn1cc2c(c1)C(N)CCCC2. The third-order valence-corrected chi connectivity index (χ3v) is 3.41. The zero-order valence-electron chi connectivity index (χ0n) is 11.0. The van der Waals surface area contributed by atoms with Crippen molar-refractivity contribution in [1.29, 1.82) is 0 Å². The molecule has 2 N–H and O–H groups in total. The van der Waals surface area contributed by atoms with Crippen LogP contribution in [0.25, 0.3) is 0 Å². The van der Waals surface area contributed by atoms with Gasteiger partial charge in [-0.3, -0.25) is 0 Å². The van der Waals surface area contributed by atoms with Crippen molar-refractivity contribution < 1.29 is 4.74 Å². The number of nitrogens with zero attached hydrogens (tertiary/aromatic N) is 1. The average Bonchev–Trinajstić information content (AvgIpc) is 2.60. The number of aromatic nitrogens is 1. The Labute approximate surface area is 104 Å². The normalized spacial score (nSPS) is 20.4. The predicted octanol–water partition coefficient (Wildman–Crippen LogP) is 2.64. The van der Waals surface area contributed by atoms with Gasteiger partial charge in [-0.05, 0) is 44.2 Å². The van der Waals surface area contributed by atoms with E-state index in [1.165, 1.54) is 30.4 Å². The summed E-state index contributed by atoms with van der Waals surface area (Å²) in [5.74, 6) is 0. The molecule has 0 spiro atoms. The quantitative estimate of drug-likeness (QED) is 0.816. The summed E-state index contributed by atoms with van der Waals surface area (Å²) in [6, 6.07) is 0.236. The molecule has 0 aromatic carbocycles. The Kier molecular flexibility index (Phi) is 4.24. The summed E-state index contributed by atoms with van der Waals surface area (Å²) in [5, 5.41) is 0. The minimum Gasteiger partial charge on any atom is -0.377 e. The molecule has 1 aromatic rings. The molecule has 1 atom stereocenters. The van der Waals surface area contributed by atoms with E-state index in [9.17, 15) is 0 Å². The van der Waals surface area contributed by atoms with E-state index in [0.717, 1.165) is 19.6 Å². The molecule has 96 valence electrons. The van der Waals surface area contributed by atoms with E-state index in [-0.39, 0.29) is 6.04 Å². The standard InChI is InChI=1S/C14H24N2O/c1-11(2)17-8-7-16-9-12-5-3-4-6-14(15)13(12)10-16/h9-11,14H,3-8,15H2,1-2H3. The number of rotatable bonds is 4. The first kappa shape index (κ1) is 12.7. The Balaban J connectivity index is 1.98. The maximum absolute atomic E-state index is 6.19. The van der Waals surface area contributed by atoms with E-state index in [0.29, 0.717) is 6.10 Å². The van der Waals surface area contributed by atoms with Crippen LogP contribution in [0.3, 0.4) is 0 Å². The van der Waals surface area contributed by atoms with Crippen molar-refractivity contribution in [3.8, 4) is 0 Å². The molecule has 1 aromatic heterocycles. The van der Waals surface area contributed by atoms with E-state index < -0.39 is 0 Å². The van der Waals surface area contributed by atoms with E-state index in [2.05, 4.69) is 30.8 Å². The molecule has 0 radical (unpaired) electrons. The fourth-order valence-corrected chi connectivity index (χ4v) is 2.47. The second kappa shape index (κ2) is 5.69. The number of aryl methyl sites for hydroxylation is 1. The molecule has 0 saturated heterocycles. The fourth-order valence-electron chi connectivity index (χ4n) is 2.47. The molecule has 1 unspecified atom stereocenters. The summed E-state index contributed by atoms with van der Waals surface area (Å²) in [6.45, 7) is 5.85. The summed E-state index contributed by atoms with van der Waals surface area (Å²) in [5.41, 5.74) is 8.99. The lowest BCUT2D eigenvalue weighted by molar-refractivity contribution is 0.0728.